The summed E-state index contributed by atoms with van der Waals surface area (Å²) in [7, 11) is 5.74. The smallest absolute Gasteiger partial charge is 0.435 e. The molecule has 26 heteroatoms. The van der Waals surface area contributed by atoms with E-state index in [4.69, 9.17) is 18.9 Å². The summed E-state index contributed by atoms with van der Waals surface area (Å²) in [5.41, 5.74) is -4.85. The van der Waals surface area contributed by atoms with Gasteiger partial charge in [-0.05, 0) is 63.1 Å². The fourth-order valence-corrected chi connectivity index (χ4v) is 7.70. The van der Waals surface area contributed by atoms with Crippen molar-refractivity contribution in [3.8, 4) is 45.8 Å². The van der Waals surface area contributed by atoms with Crippen LogP contribution in [0.4, 0.5) is 52.7 Å². The number of benzene rings is 4. The molecule has 392 valence electrons. The lowest BCUT2D eigenvalue weighted by Crippen LogP contribution is -2.30. The quantitative estimate of drug-likeness (QED) is 0.0969. The monoisotopic (exact) mass is 1050 g/mol. The van der Waals surface area contributed by atoms with Crippen molar-refractivity contribution in [1.29, 1.82) is 0 Å². The molecule has 0 atom stereocenters. The highest BCUT2D eigenvalue weighted by atomic mass is 19.4. The van der Waals surface area contributed by atoms with Crippen LogP contribution in [0, 0.1) is 34.9 Å². The molecule has 0 unspecified atom stereocenters. The molecule has 0 spiro atoms. The Kier molecular flexibility index (Phi) is 14.8. The minimum atomic E-state index is -4.81. The van der Waals surface area contributed by atoms with E-state index in [1.165, 1.54) is 71.3 Å². The van der Waals surface area contributed by atoms with Crippen LogP contribution in [0.1, 0.15) is 61.9 Å². The number of hydrogen-bond donors (Lipinski definition) is 0. The summed E-state index contributed by atoms with van der Waals surface area (Å²) in [6.45, 7) is 5.42. The first-order chi connectivity index (χ1) is 34.6. The SMILES string of the molecule is COc1ccc(Cn2cc(-c3nnc(C(C)(C)Oc4c(F)cc(F)cc4F)n3C)c(C(F)(F)F)n2)cc1.COc1ccc(Cn2ncc(-c3nnc(C(C)(C)Oc4c(F)cc(F)cc4F)n3C)c2C(F)(F)F)cc1. The van der Waals surface area contributed by atoms with Gasteiger partial charge >= 0.3 is 12.4 Å². The molecule has 0 amide bonds. The average molecular weight is 1050 g/mol. The summed E-state index contributed by atoms with van der Waals surface area (Å²) < 4.78 is 193. The van der Waals surface area contributed by atoms with Gasteiger partial charge in [0.05, 0.1) is 44.6 Å². The summed E-state index contributed by atoms with van der Waals surface area (Å²) in [6.07, 6.45) is -7.39. The van der Waals surface area contributed by atoms with Crippen LogP contribution < -0.4 is 18.9 Å². The van der Waals surface area contributed by atoms with E-state index in [0.29, 0.717) is 46.9 Å². The van der Waals surface area contributed by atoms with Gasteiger partial charge in [0.1, 0.15) is 23.1 Å². The van der Waals surface area contributed by atoms with Gasteiger partial charge in [-0.15, -0.1) is 20.4 Å². The van der Waals surface area contributed by atoms with Crippen molar-refractivity contribution in [2.75, 3.05) is 14.2 Å². The first-order valence-electron chi connectivity index (χ1n) is 21.6. The number of ether oxygens (including phenoxy) is 4. The van der Waals surface area contributed by atoms with E-state index in [1.807, 2.05) is 0 Å². The molecule has 8 rings (SSSR count). The van der Waals surface area contributed by atoms with Gasteiger partial charge < -0.3 is 28.1 Å². The molecule has 0 fully saturated rings. The number of aromatic nitrogens is 10. The van der Waals surface area contributed by atoms with E-state index in [9.17, 15) is 52.7 Å². The molecule has 4 heterocycles. The van der Waals surface area contributed by atoms with Crippen molar-refractivity contribution < 1.29 is 71.6 Å². The molecule has 0 saturated carbocycles. The maximum Gasteiger partial charge on any atom is 0.435 e. The second kappa shape index (κ2) is 20.5. The molecule has 0 N–H and O–H groups in total. The van der Waals surface area contributed by atoms with Gasteiger partial charge in [-0.2, -0.15) is 36.5 Å². The maximum absolute atomic E-state index is 14.2. The third-order valence-electron chi connectivity index (χ3n) is 11.1. The lowest BCUT2D eigenvalue weighted by Gasteiger charge is -2.26. The lowest BCUT2D eigenvalue weighted by molar-refractivity contribution is -0.143. The second-order valence-electron chi connectivity index (χ2n) is 17.3. The Morgan fingerprint density at radius 1 is 0.527 bits per heavy atom. The van der Waals surface area contributed by atoms with Gasteiger partial charge in [0, 0.05) is 44.6 Å². The van der Waals surface area contributed by atoms with E-state index < -0.39 is 81.3 Å². The van der Waals surface area contributed by atoms with E-state index in [0.717, 1.165) is 15.6 Å². The zero-order valence-electron chi connectivity index (χ0n) is 40.1. The molecule has 14 nitrogen and oxygen atoms in total. The van der Waals surface area contributed by atoms with Gasteiger partial charge in [-0.1, -0.05) is 24.3 Å². The standard InChI is InChI=1S/2C24H21F6N5O2/c1-23(2,37-19-17(26)9-14(25)10-18(19)27)22-33-32-21(34(22)3)16-11-31-35(20(16)24(28,29)30)12-13-5-7-15(36-4)8-6-13;1-23(2,37-19-17(26)9-14(25)10-18(19)27)22-32-31-21(34(22)3)16-12-35(33-20(16)24(28,29)30)11-13-5-7-15(36-4)8-6-13/h5-11H,12H2,1-4H3;5-10,12H,11H2,1-4H3. The first-order valence-corrected chi connectivity index (χ1v) is 21.6. The van der Waals surface area contributed by atoms with Crippen molar-refractivity contribution >= 4 is 0 Å². The highest BCUT2D eigenvalue weighted by Crippen LogP contribution is 2.40. The highest BCUT2D eigenvalue weighted by molar-refractivity contribution is 5.60. The maximum atomic E-state index is 14.2. The van der Waals surface area contributed by atoms with Crippen LogP contribution in [0.25, 0.3) is 22.8 Å². The van der Waals surface area contributed by atoms with Crippen molar-refractivity contribution in [3.63, 3.8) is 0 Å². The average Bonchev–Trinajstić information content (AvgIpc) is 4.12. The predicted molar refractivity (Wildman–Crippen MR) is 239 cm³/mol. The van der Waals surface area contributed by atoms with Gasteiger partial charge in [-0.3, -0.25) is 9.36 Å². The number of halogens is 12. The fraction of sp³-hybridized carbons (Fsp3) is 0.292. The molecule has 0 aliphatic carbocycles. The van der Waals surface area contributed by atoms with Crippen LogP contribution in [0.3, 0.4) is 0 Å². The Bertz CT molecular complexity index is 3130. The molecule has 0 saturated heterocycles. The molecule has 4 aromatic heterocycles. The van der Waals surface area contributed by atoms with Gasteiger partial charge in [0.15, 0.2) is 80.7 Å². The molecule has 0 bridgehead atoms. The molecule has 0 aliphatic heterocycles. The third-order valence-corrected chi connectivity index (χ3v) is 11.1. The summed E-state index contributed by atoms with van der Waals surface area (Å²) in [5, 5.41) is 23.3. The Balaban J connectivity index is 0.000000216. The minimum absolute atomic E-state index is 0.0372. The van der Waals surface area contributed by atoms with Crippen LogP contribution in [-0.2, 0) is 50.7 Å². The molecule has 4 aromatic carbocycles. The van der Waals surface area contributed by atoms with E-state index in [-0.39, 0.29) is 47.5 Å². The summed E-state index contributed by atoms with van der Waals surface area (Å²) in [6, 6.07) is 15.0. The van der Waals surface area contributed by atoms with E-state index in [2.05, 4.69) is 30.6 Å². The molecule has 0 radical (unpaired) electrons. The molecule has 0 aliphatic rings. The lowest BCUT2D eigenvalue weighted by atomic mass is 10.1. The predicted octanol–water partition coefficient (Wildman–Crippen LogP) is 11.0. The molecular weight excluding hydrogens is 1010 g/mol. The number of methoxy groups -OCH3 is 2. The van der Waals surface area contributed by atoms with Crippen LogP contribution in [0.15, 0.2) is 85.2 Å². The Labute approximate surface area is 412 Å². The van der Waals surface area contributed by atoms with Crippen LogP contribution >= 0.6 is 0 Å². The number of alkyl halides is 6. The van der Waals surface area contributed by atoms with Crippen LogP contribution in [0.5, 0.6) is 23.0 Å². The van der Waals surface area contributed by atoms with Crippen molar-refractivity contribution in [3.05, 3.63) is 154 Å². The zero-order valence-corrected chi connectivity index (χ0v) is 40.1. The summed E-state index contributed by atoms with van der Waals surface area (Å²) in [4.78, 5) is 0. The Morgan fingerprint density at radius 3 is 1.32 bits per heavy atom. The summed E-state index contributed by atoms with van der Waals surface area (Å²) in [5.74, 6) is -8.45. The highest BCUT2D eigenvalue weighted by Gasteiger charge is 2.42. The fourth-order valence-electron chi connectivity index (χ4n) is 7.70. The first kappa shape index (κ1) is 53.7. The normalized spacial score (nSPS) is 12.2. The van der Waals surface area contributed by atoms with Gasteiger partial charge in [0.2, 0.25) is 0 Å². The minimum Gasteiger partial charge on any atom is -0.497 e. The summed E-state index contributed by atoms with van der Waals surface area (Å²) >= 11 is 0. The molecular formula is C48H42F12N10O4. The topological polar surface area (TPSA) is 134 Å². The number of rotatable bonds is 14. The van der Waals surface area contributed by atoms with Crippen LogP contribution in [0.2, 0.25) is 0 Å². The van der Waals surface area contributed by atoms with Crippen LogP contribution in [-0.4, -0.2) is 63.3 Å². The van der Waals surface area contributed by atoms with Crippen molar-refractivity contribution in [2.24, 2.45) is 14.1 Å². The Hall–Kier alpha value is -8.06. The number of nitrogens with zero attached hydrogens (tertiary/aromatic N) is 10. The third kappa shape index (κ3) is 11.4. The molecule has 8 aromatic rings. The van der Waals surface area contributed by atoms with E-state index >= 15 is 0 Å². The van der Waals surface area contributed by atoms with Gasteiger partial charge in [-0.25, -0.2) is 26.3 Å². The zero-order chi connectivity index (χ0) is 54.2. The molecule has 74 heavy (non-hydrogen) atoms. The largest absolute Gasteiger partial charge is 0.497 e. The Morgan fingerprint density at radius 2 is 0.932 bits per heavy atom. The van der Waals surface area contributed by atoms with Gasteiger partial charge in [0.25, 0.3) is 0 Å². The van der Waals surface area contributed by atoms with Crippen molar-refractivity contribution in [2.45, 2.75) is 64.3 Å². The van der Waals surface area contributed by atoms with Crippen molar-refractivity contribution in [1.82, 2.24) is 49.1 Å². The second-order valence-corrected chi connectivity index (χ2v) is 17.3. The van der Waals surface area contributed by atoms with E-state index in [1.54, 1.807) is 48.5 Å². The number of hydrogen-bond acceptors (Lipinski definition) is 10.